The Balaban J connectivity index is 2.67. The van der Waals surface area contributed by atoms with Crippen molar-refractivity contribution in [2.45, 2.75) is 19.9 Å². The van der Waals surface area contributed by atoms with Crippen molar-refractivity contribution in [1.29, 1.82) is 0 Å². The van der Waals surface area contributed by atoms with Crippen LogP contribution in [0.2, 0.25) is 0 Å². The number of aliphatic carboxylic acids is 1. The number of carboxylic acid groups (broad SMARTS) is 1. The molecular weight excluding hydrogens is 209 g/mol. The SMILES string of the molecule is CCn1c(CC(=O)O)cc2cccc(F)c21. The highest BCUT2D eigenvalue weighted by atomic mass is 19.1. The number of carboxylic acids is 1. The van der Waals surface area contributed by atoms with E-state index in [1.165, 1.54) is 6.07 Å². The molecule has 0 unspecified atom stereocenters. The maximum atomic E-state index is 13.6. The zero-order chi connectivity index (χ0) is 11.7. The number of fused-ring (bicyclic) bond motifs is 1. The molecule has 1 aromatic carbocycles. The van der Waals surface area contributed by atoms with Crippen molar-refractivity contribution in [2.75, 3.05) is 0 Å². The fraction of sp³-hybridized carbons (Fsp3) is 0.250. The average Bonchev–Trinajstić information content (AvgIpc) is 2.55. The van der Waals surface area contributed by atoms with E-state index < -0.39 is 5.97 Å². The topological polar surface area (TPSA) is 42.2 Å². The summed E-state index contributed by atoms with van der Waals surface area (Å²) in [5.74, 6) is -1.21. The minimum Gasteiger partial charge on any atom is -0.481 e. The van der Waals surface area contributed by atoms with Gasteiger partial charge in [-0.05, 0) is 19.1 Å². The second kappa shape index (κ2) is 3.96. The highest BCUT2D eigenvalue weighted by Gasteiger charge is 2.13. The summed E-state index contributed by atoms with van der Waals surface area (Å²) in [5.41, 5.74) is 1.12. The maximum Gasteiger partial charge on any atom is 0.309 e. The summed E-state index contributed by atoms with van der Waals surface area (Å²) in [6, 6.07) is 6.53. The number of carbonyl (C=O) groups is 1. The molecule has 0 saturated heterocycles. The van der Waals surface area contributed by atoms with Crippen molar-refractivity contribution >= 4 is 16.9 Å². The van der Waals surface area contributed by atoms with Crippen LogP contribution in [0.3, 0.4) is 0 Å². The van der Waals surface area contributed by atoms with Crippen LogP contribution in [0.25, 0.3) is 10.9 Å². The summed E-state index contributed by atoms with van der Waals surface area (Å²) >= 11 is 0. The highest BCUT2D eigenvalue weighted by molar-refractivity contribution is 5.83. The quantitative estimate of drug-likeness (QED) is 0.864. The fourth-order valence-electron chi connectivity index (χ4n) is 2.00. The van der Waals surface area contributed by atoms with Gasteiger partial charge in [0.1, 0.15) is 5.82 Å². The Labute approximate surface area is 92.1 Å². The molecule has 0 saturated carbocycles. The number of hydrogen-bond donors (Lipinski definition) is 1. The number of para-hydroxylation sites is 1. The number of halogens is 1. The lowest BCUT2D eigenvalue weighted by Crippen LogP contribution is -2.07. The first-order valence-corrected chi connectivity index (χ1v) is 5.12. The smallest absolute Gasteiger partial charge is 0.309 e. The predicted octanol–water partition coefficient (Wildman–Crippen LogP) is 2.43. The van der Waals surface area contributed by atoms with Crippen molar-refractivity contribution in [1.82, 2.24) is 4.57 Å². The minimum atomic E-state index is -0.905. The Kier molecular flexibility index (Phi) is 2.64. The van der Waals surface area contributed by atoms with E-state index in [1.54, 1.807) is 22.8 Å². The first kappa shape index (κ1) is 10.7. The zero-order valence-corrected chi connectivity index (χ0v) is 8.90. The Morgan fingerprint density at radius 2 is 2.25 bits per heavy atom. The van der Waals surface area contributed by atoms with Crippen molar-refractivity contribution in [3.63, 3.8) is 0 Å². The number of aromatic nitrogens is 1. The molecule has 0 bridgehead atoms. The molecule has 2 aromatic rings. The summed E-state index contributed by atoms with van der Waals surface area (Å²) in [4.78, 5) is 10.7. The molecule has 0 atom stereocenters. The largest absolute Gasteiger partial charge is 0.481 e. The van der Waals surface area contributed by atoms with E-state index in [2.05, 4.69) is 0 Å². The molecule has 1 aromatic heterocycles. The lowest BCUT2D eigenvalue weighted by molar-refractivity contribution is -0.136. The van der Waals surface area contributed by atoms with Gasteiger partial charge in [-0.1, -0.05) is 12.1 Å². The molecule has 0 aliphatic carbocycles. The van der Waals surface area contributed by atoms with Gasteiger partial charge in [0.2, 0.25) is 0 Å². The van der Waals surface area contributed by atoms with Crippen molar-refractivity contribution in [3.05, 3.63) is 35.8 Å². The van der Waals surface area contributed by atoms with E-state index in [1.807, 2.05) is 6.92 Å². The third-order valence-corrected chi connectivity index (χ3v) is 2.61. The van der Waals surface area contributed by atoms with Gasteiger partial charge in [0.05, 0.1) is 11.9 Å². The third-order valence-electron chi connectivity index (χ3n) is 2.61. The Bertz CT molecular complexity index is 545. The van der Waals surface area contributed by atoms with Crippen LogP contribution in [0.4, 0.5) is 4.39 Å². The molecule has 3 nitrogen and oxygen atoms in total. The summed E-state index contributed by atoms with van der Waals surface area (Å²) in [6.07, 6.45) is -0.0814. The molecule has 16 heavy (non-hydrogen) atoms. The molecule has 0 fully saturated rings. The standard InChI is InChI=1S/C12H12FNO2/c1-2-14-9(7-11(15)16)6-8-4-3-5-10(13)12(8)14/h3-6H,2,7H2,1H3,(H,15,16). The van der Waals surface area contributed by atoms with Gasteiger partial charge in [0.15, 0.2) is 0 Å². The van der Waals surface area contributed by atoms with E-state index >= 15 is 0 Å². The van der Waals surface area contributed by atoms with Gasteiger partial charge in [-0.15, -0.1) is 0 Å². The molecule has 0 aliphatic rings. The molecule has 0 radical (unpaired) electrons. The second-order valence-corrected chi connectivity index (χ2v) is 3.63. The van der Waals surface area contributed by atoms with Gasteiger partial charge < -0.3 is 9.67 Å². The van der Waals surface area contributed by atoms with Gasteiger partial charge in [0, 0.05) is 17.6 Å². The maximum absolute atomic E-state index is 13.6. The number of benzene rings is 1. The minimum absolute atomic E-state index is 0.0814. The van der Waals surface area contributed by atoms with E-state index in [9.17, 15) is 9.18 Å². The predicted molar refractivity (Wildman–Crippen MR) is 58.9 cm³/mol. The Morgan fingerprint density at radius 3 is 2.88 bits per heavy atom. The van der Waals surface area contributed by atoms with Gasteiger partial charge in [-0.3, -0.25) is 4.79 Å². The van der Waals surface area contributed by atoms with E-state index in [-0.39, 0.29) is 12.2 Å². The van der Waals surface area contributed by atoms with Crippen molar-refractivity contribution in [2.24, 2.45) is 0 Å². The molecule has 2 rings (SSSR count). The van der Waals surface area contributed by atoms with Gasteiger partial charge in [0.25, 0.3) is 0 Å². The van der Waals surface area contributed by atoms with Crippen LogP contribution in [-0.4, -0.2) is 15.6 Å². The summed E-state index contributed by atoms with van der Waals surface area (Å²) in [6.45, 7) is 2.43. The van der Waals surface area contributed by atoms with Crippen LogP contribution in [-0.2, 0) is 17.8 Å². The summed E-state index contributed by atoms with van der Waals surface area (Å²) in [7, 11) is 0. The van der Waals surface area contributed by atoms with Crippen LogP contribution in [0.15, 0.2) is 24.3 Å². The van der Waals surface area contributed by atoms with Gasteiger partial charge in [-0.2, -0.15) is 0 Å². The van der Waals surface area contributed by atoms with Gasteiger partial charge in [-0.25, -0.2) is 4.39 Å². The number of hydrogen-bond acceptors (Lipinski definition) is 1. The first-order valence-electron chi connectivity index (χ1n) is 5.12. The number of nitrogens with zero attached hydrogens (tertiary/aromatic N) is 1. The first-order chi connectivity index (χ1) is 7.63. The Morgan fingerprint density at radius 1 is 1.50 bits per heavy atom. The van der Waals surface area contributed by atoms with Crippen molar-refractivity contribution < 1.29 is 14.3 Å². The number of aryl methyl sites for hydroxylation is 1. The average molecular weight is 221 g/mol. The fourth-order valence-corrected chi connectivity index (χ4v) is 2.00. The van der Waals surface area contributed by atoms with E-state index in [0.29, 0.717) is 17.8 Å². The van der Waals surface area contributed by atoms with Crippen LogP contribution in [0, 0.1) is 5.82 Å². The second-order valence-electron chi connectivity index (χ2n) is 3.63. The molecular formula is C12H12FNO2. The van der Waals surface area contributed by atoms with E-state index in [0.717, 1.165) is 5.39 Å². The third kappa shape index (κ3) is 1.66. The molecule has 1 heterocycles. The zero-order valence-electron chi connectivity index (χ0n) is 8.90. The number of rotatable bonds is 3. The lowest BCUT2D eigenvalue weighted by Gasteiger charge is -2.06. The lowest BCUT2D eigenvalue weighted by atomic mass is 10.2. The van der Waals surface area contributed by atoms with Crippen LogP contribution >= 0.6 is 0 Å². The monoisotopic (exact) mass is 221 g/mol. The molecule has 0 spiro atoms. The van der Waals surface area contributed by atoms with E-state index in [4.69, 9.17) is 5.11 Å². The molecule has 84 valence electrons. The summed E-state index contributed by atoms with van der Waals surface area (Å²) in [5, 5.41) is 9.52. The summed E-state index contributed by atoms with van der Waals surface area (Å²) < 4.78 is 15.3. The normalized spacial score (nSPS) is 10.9. The van der Waals surface area contributed by atoms with Crippen LogP contribution in [0.5, 0.6) is 0 Å². The Hall–Kier alpha value is -1.84. The van der Waals surface area contributed by atoms with Crippen LogP contribution < -0.4 is 0 Å². The molecule has 0 aliphatic heterocycles. The highest BCUT2D eigenvalue weighted by Crippen LogP contribution is 2.23. The molecule has 4 heteroatoms. The molecule has 1 N–H and O–H groups in total. The van der Waals surface area contributed by atoms with Crippen molar-refractivity contribution in [3.8, 4) is 0 Å². The van der Waals surface area contributed by atoms with Gasteiger partial charge >= 0.3 is 5.97 Å². The molecule has 0 amide bonds. The van der Waals surface area contributed by atoms with Crippen LogP contribution in [0.1, 0.15) is 12.6 Å².